The number of pyridine rings is 1. The van der Waals surface area contributed by atoms with Gasteiger partial charge in [-0.05, 0) is 42.0 Å². The van der Waals surface area contributed by atoms with Gasteiger partial charge in [-0.3, -0.25) is 4.79 Å². The summed E-state index contributed by atoms with van der Waals surface area (Å²) >= 11 is 0. The number of ether oxygens (including phenoxy) is 3. The molecule has 1 aromatic heterocycles. The number of nitrogens with one attached hydrogen (secondary N) is 2. The zero-order valence-corrected chi connectivity index (χ0v) is 16.6. The van der Waals surface area contributed by atoms with Gasteiger partial charge in [0, 0.05) is 6.54 Å². The van der Waals surface area contributed by atoms with E-state index in [2.05, 4.69) is 15.6 Å². The second-order valence-corrected chi connectivity index (χ2v) is 6.13. The molecule has 0 aliphatic carbocycles. The van der Waals surface area contributed by atoms with Crippen molar-refractivity contribution in [3.8, 4) is 17.2 Å². The average Bonchev–Trinajstić information content (AvgIpc) is 2.78. The minimum Gasteiger partial charge on any atom is -0.497 e. The first-order valence-corrected chi connectivity index (χ1v) is 8.99. The second kappa shape index (κ2) is 9.45. The van der Waals surface area contributed by atoms with Crippen LogP contribution in [0.2, 0.25) is 0 Å². The van der Waals surface area contributed by atoms with E-state index in [0.29, 0.717) is 29.4 Å². The molecule has 7 heteroatoms. The van der Waals surface area contributed by atoms with Crippen LogP contribution in [0.1, 0.15) is 15.9 Å². The molecule has 0 aliphatic heterocycles. The van der Waals surface area contributed by atoms with E-state index in [4.69, 9.17) is 14.2 Å². The molecule has 1 amide bonds. The first-order valence-electron chi connectivity index (χ1n) is 8.99. The normalized spacial score (nSPS) is 10.2. The van der Waals surface area contributed by atoms with Crippen LogP contribution in [-0.2, 0) is 6.54 Å². The Morgan fingerprint density at radius 3 is 2.14 bits per heavy atom. The molecule has 29 heavy (non-hydrogen) atoms. The maximum absolute atomic E-state index is 12.7. The van der Waals surface area contributed by atoms with Crippen LogP contribution in [0, 0.1) is 0 Å². The van der Waals surface area contributed by atoms with Gasteiger partial charge in [0.1, 0.15) is 28.6 Å². The van der Waals surface area contributed by atoms with Crippen LogP contribution in [0.25, 0.3) is 0 Å². The van der Waals surface area contributed by atoms with Crippen LogP contribution in [0.5, 0.6) is 17.2 Å². The molecular weight excluding hydrogens is 370 g/mol. The lowest BCUT2D eigenvalue weighted by Crippen LogP contribution is -2.15. The molecule has 0 saturated heterocycles. The van der Waals surface area contributed by atoms with Crippen LogP contribution < -0.4 is 24.8 Å². The number of nitrogens with zero attached hydrogens (tertiary/aromatic N) is 1. The predicted molar refractivity (Wildman–Crippen MR) is 112 cm³/mol. The third kappa shape index (κ3) is 4.95. The number of aromatic nitrogens is 1. The van der Waals surface area contributed by atoms with Gasteiger partial charge in [0.25, 0.3) is 5.91 Å². The summed E-state index contributed by atoms with van der Waals surface area (Å²) in [6.45, 7) is 0.649. The van der Waals surface area contributed by atoms with Crippen LogP contribution in [-0.4, -0.2) is 32.2 Å². The molecule has 0 fully saturated rings. The summed E-state index contributed by atoms with van der Waals surface area (Å²) in [6.07, 6.45) is 1.67. The molecule has 2 aromatic carbocycles. The highest BCUT2D eigenvalue weighted by molar-refractivity contribution is 6.07. The fraction of sp³-hybridized carbons (Fsp3) is 0.182. The summed E-state index contributed by atoms with van der Waals surface area (Å²) in [5.41, 5.74) is 2.28. The molecule has 0 radical (unpaired) electrons. The van der Waals surface area contributed by atoms with Crippen LogP contribution in [0.4, 0.5) is 11.5 Å². The summed E-state index contributed by atoms with van der Waals surface area (Å²) in [7, 11) is 4.66. The number of anilines is 2. The first kappa shape index (κ1) is 20.0. The van der Waals surface area contributed by atoms with Gasteiger partial charge in [-0.1, -0.05) is 18.2 Å². The Labute approximate surface area is 169 Å². The number of methoxy groups -OCH3 is 3. The molecule has 1 heterocycles. The van der Waals surface area contributed by atoms with Crippen molar-refractivity contribution in [2.45, 2.75) is 6.54 Å². The molecule has 0 spiro atoms. The summed E-state index contributed by atoms with van der Waals surface area (Å²) in [6, 6.07) is 16.6. The maximum atomic E-state index is 12.7. The van der Waals surface area contributed by atoms with E-state index < -0.39 is 0 Å². The zero-order chi connectivity index (χ0) is 20.6. The number of hydrogen-bond acceptors (Lipinski definition) is 6. The molecule has 0 aliphatic rings. The van der Waals surface area contributed by atoms with Crippen molar-refractivity contribution in [3.05, 3.63) is 71.9 Å². The van der Waals surface area contributed by atoms with Gasteiger partial charge in [0.15, 0.2) is 0 Å². The molecule has 150 valence electrons. The Bertz CT molecular complexity index is 935. The van der Waals surface area contributed by atoms with E-state index in [0.717, 1.165) is 17.0 Å². The SMILES string of the molecule is COc1ccc(CNc2ccc(NC(=O)c3c(OC)cccc3OC)nc2)cc1. The Morgan fingerprint density at radius 1 is 0.897 bits per heavy atom. The summed E-state index contributed by atoms with van der Waals surface area (Å²) < 4.78 is 15.7. The number of amides is 1. The summed E-state index contributed by atoms with van der Waals surface area (Å²) in [5, 5.41) is 6.06. The predicted octanol–water partition coefficient (Wildman–Crippen LogP) is 3.97. The van der Waals surface area contributed by atoms with Gasteiger partial charge in [0.05, 0.1) is 33.2 Å². The highest BCUT2D eigenvalue weighted by atomic mass is 16.5. The van der Waals surface area contributed by atoms with Crippen molar-refractivity contribution >= 4 is 17.4 Å². The van der Waals surface area contributed by atoms with E-state index in [-0.39, 0.29) is 5.91 Å². The minimum atomic E-state index is -0.356. The fourth-order valence-corrected chi connectivity index (χ4v) is 2.77. The number of hydrogen-bond donors (Lipinski definition) is 2. The zero-order valence-electron chi connectivity index (χ0n) is 16.6. The fourth-order valence-electron chi connectivity index (χ4n) is 2.77. The van der Waals surface area contributed by atoms with E-state index in [1.165, 1.54) is 14.2 Å². The van der Waals surface area contributed by atoms with Crippen molar-refractivity contribution in [2.75, 3.05) is 32.0 Å². The number of benzene rings is 2. The lowest BCUT2D eigenvalue weighted by Gasteiger charge is -2.13. The highest BCUT2D eigenvalue weighted by Crippen LogP contribution is 2.29. The monoisotopic (exact) mass is 393 g/mol. The number of carbonyl (C=O) groups excluding carboxylic acids is 1. The van der Waals surface area contributed by atoms with Gasteiger partial charge in [-0.2, -0.15) is 0 Å². The third-order valence-electron chi connectivity index (χ3n) is 4.32. The molecule has 0 atom stereocenters. The minimum absolute atomic E-state index is 0.320. The topological polar surface area (TPSA) is 81.7 Å². The summed E-state index contributed by atoms with van der Waals surface area (Å²) in [5.74, 6) is 1.75. The van der Waals surface area contributed by atoms with Crippen molar-refractivity contribution < 1.29 is 19.0 Å². The molecule has 0 bridgehead atoms. The van der Waals surface area contributed by atoms with Crippen molar-refractivity contribution in [2.24, 2.45) is 0 Å². The van der Waals surface area contributed by atoms with E-state index in [1.807, 2.05) is 30.3 Å². The maximum Gasteiger partial charge on any atom is 0.264 e. The number of carbonyl (C=O) groups is 1. The van der Waals surface area contributed by atoms with Crippen LogP contribution in [0.15, 0.2) is 60.8 Å². The third-order valence-corrected chi connectivity index (χ3v) is 4.32. The lowest BCUT2D eigenvalue weighted by atomic mass is 10.1. The van der Waals surface area contributed by atoms with Gasteiger partial charge >= 0.3 is 0 Å². The largest absolute Gasteiger partial charge is 0.497 e. The van der Waals surface area contributed by atoms with Crippen molar-refractivity contribution in [1.82, 2.24) is 4.98 Å². The van der Waals surface area contributed by atoms with Crippen LogP contribution in [0.3, 0.4) is 0 Å². The lowest BCUT2D eigenvalue weighted by molar-refractivity contribution is 0.102. The Hall–Kier alpha value is -3.74. The Balaban J connectivity index is 1.64. The van der Waals surface area contributed by atoms with Crippen LogP contribution >= 0.6 is 0 Å². The van der Waals surface area contributed by atoms with E-state index in [1.54, 1.807) is 37.6 Å². The smallest absolute Gasteiger partial charge is 0.264 e. The molecule has 3 rings (SSSR count). The number of rotatable bonds is 8. The molecule has 0 saturated carbocycles. The molecule has 0 unspecified atom stereocenters. The molecule has 3 aromatic rings. The van der Waals surface area contributed by atoms with Gasteiger partial charge in [-0.25, -0.2) is 4.98 Å². The Kier molecular flexibility index (Phi) is 6.52. The first-order chi connectivity index (χ1) is 14.1. The van der Waals surface area contributed by atoms with Gasteiger partial charge in [0.2, 0.25) is 0 Å². The molecule has 7 nitrogen and oxygen atoms in total. The van der Waals surface area contributed by atoms with Crippen molar-refractivity contribution in [3.63, 3.8) is 0 Å². The molecular formula is C22H23N3O4. The van der Waals surface area contributed by atoms with Gasteiger partial charge in [-0.15, -0.1) is 0 Å². The van der Waals surface area contributed by atoms with Gasteiger partial charge < -0.3 is 24.8 Å². The second-order valence-electron chi connectivity index (χ2n) is 6.13. The molecule has 2 N–H and O–H groups in total. The highest BCUT2D eigenvalue weighted by Gasteiger charge is 2.18. The Morgan fingerprint density at radius 2 is 1.59 bits per heavy atom. The van der Waals surface area contributed by atoms with E-state index in [9.17, 15) is 4.79 Å². The summed E-state index contributed by atoms with van der Waals surface area (Å²) in [4.78, 5) is 17.0. The quantitative estimate of drug-likeness (QED) is 0.603. The average molecular weight is 393 g/mol. The van der Waals surface area contributed by atoms with E-state index >= 15 is 0 Å². The van der Waals surface area contributed by atoms with Crippen molar-refractivity contribution in [1.29, 1.82) is 0 Å². The standard InChI is InChI=1S/C22H23N3O4/c1-27-17-10-7-15(8-11-17)13-23-16-9-12-20(24-14-16)25-22(26)21-18(28-2)5-4-6-19(21)29-3/h4-12,14,23H,13H2,1-3H3,(H,24,25,26).